The van der Waals surface area contributed by atoms with Gasteiger partial charge in [-0.2, -0.15) is 0 Å². The highest BCUT2D eigenvalue weighted by molar-refractivity contribution is 7.89. The molecule has 0 aliphatic rings. The van der Waals surface area contributed by atoms with Crippen LogP contribution in [-0.4, -0.2) is 14.5 Å². The predicted molar refractivity (Wildman–Crippen MR) is 70.1 cm³/mol. The number of anilines is 1. The van der Waals surface area contributed by atoms with Crippen molar-refractivity contribution < 1.29 is 12.8 Å². The van der Waals surface area contributed by atoms with Crippen LogP contribution >= 0.6 is 0 Å². The standard InChI is InChI=1S/C12H19FN2O2S/c1-8(12(2,3)4)15-18(16,17)11-7-9(13)5-6-10(11)14/h5-8,15H,14H2,1-4H3. The Labute approximate surface area is 107 Å². The lowest BCUT2D eigenvalue weighted by Crippen LogP contribution is -2.41. The zero-order chi connectivity index (χ0) is 14.1. The molecule has 1 aromatic rings. The van der Waals surface area contributed by atoms with Gasteiger partial charge in [-0.25, -0.2) is 17.5 Å². The van der Waals surface area contributed by atoms with E-state index in [2.05, 4.69) is 4.72 Å². The molecule has 18 heavy (non-hydrogen) atoms. The molecule has 0 aliphatic heterocycles. The Balaban J connectivity index is 3.11. The zero-order valence-electron chi connectivity index (χ0n) is 11.0. The maximum absolute atomic E-state index is 13.1. The highest BCUT2D eigenvalue weighted by Gasteiger charge is 2.27. The molecule has 6 heteroatoms. The average Bonchev–Trinajstić information content (AvgIpc) is 2.19. The molecule has 1 aromatic carbocycles. The van der Waals surface area contributed by atoms with Crippen molar-refractivity contribution >= 4 is 15.7 Å². The maximum Gasteiger partial charge on any atom is 0.242 e. The van der Waals surface area contributed by atoms with Crippen LogP contribution < -0.4 is 10.5 Å². The summed E-state index contributed by atoms with van der Waals surface area (Å²) in [5.41, 5.74) is 5.37. The first-order valence-corrected chi connectivity index (χ1v) is 7.10. The second-order valence-electron chi connectivity index (χ2n) is 5.39. The molecule has 1 atom stereocenters. The van der Waals surface area contributed by atoms with E-state index in [0.29, 0.717) is 0 Å². The molecule has 0 fully saturated rings. The normalized spacial score (nSPS) is 14.5. The Morgan fingerprint density at radius 1 is 1.33 bits per heavy atom. The van der Waals surface area contributed by atoms with Gasteiger partial charge >= 0.3 is 0 Å². The molecule has 102 valence electrons. The summed E-state index contributed by atoms with van der Waals surface area (Å²) in [6.45, 7) is 7.49. The number of sulfonamides is 1. The topological polar surface area (TPSA) is 72.2 Å². The first-order chi connectivity index (χ1) is 8.04. The summed E-state index contributed by atoms with van der Waals surface area (Å²) >= 11 is 0. The third kappa shape index (κ3) is 3.43. The number of hydrogen-bond acceptors (Lipinski definition) is 3. The molecule has 0 amide bonds. The largest absolute Gasteiger partial charge is 0.398 e. The average molecular weight is 274 g/mol. The second-order valence-corrected chi connectivity index (χ2v) is 7.07. The van der Waals surface area contributed by atoms with E-state index in [1.54, 1.807) is 6.92 Å². The van der Waals surface area contributed by atoms with Crippen LogP contribution in [-0.2, 0) is 10.0 Å². The van der Waals surface area contributed by atoms with Gasteiger partial charge in [-0.05, 0) is 30.5 Å². The molecule has 0 saturated heterocycles. The number of nitrogen functional groups attached to an aromatic ring is 1. The summed E-state index contributed by atoms with van der Waals surface area (Å²) in [6.07, 6.45) is 0. The van der Waals surface area contributed by atoms with E-state index in [0.717, 1.165) is 12.1 Å². The number of rotatable bonds is 3. The van der Waals surface area contributed by atoms with Gasteiger partial charge in [-0.3, -0.25) is 0 Å². The quantitative estimate of drug-likeness (QED) is 0.829. The van der Waals surface area contributed by atoms with Crippen molar-refractivity contribution in [3.8, 4) is 0 Å². The fourth-order valence-electron chi connectivity index (χ4n) is 1.21. The minimum atomic E-state index is -3.81. The minimum absolute atomic E-state index is 0.0324. The fourth-order valence-corrected chi connectivity index (χ4v) is 2.81. The van der Waals surface area contributed by atoms with Crippen molar-refractivity contribution in [2.75, 3.05) is 5.73 Å². The number of nitrogens with two attached hydrogens (primary N) is 1. The Morgan fingerprint density at radius 3 is 2.39 bits per heavy atom. The van der Waals surface area contributed by atoms with Gasteiger partial charge in [0.15, 0.2) is 0 Å². The molecule has 4 nitrogen and oxygen atoms in total. The van der Waals surface area contributed by atoms with Gasteiger partial charge in [-0.1, -0.05) is 20.8 Å². The predicted octanol–water partition coefficient (Wildman–Crippen LogP) is 2.12. The monoisotopic (exact) mass is 274 g/mol. The van der Waals surface area contributed by atoms with E-state index >= 15 is 0 Å². The van der Waals surface area contributed by atoms with Crippen molar-refractivity contribution in [2.24, 2.45) is 5.41 Å². The number of hydrogen-bond donors (Lipinski definition) is 2. The Hall–Kier alpha value is -1.14. The molecule has 3 N–H and O–H groups in total. The van der Waals surface area contributed by atoms with E-state index in [-0.39, 0.29) is 22.0 Å². The zero-order valence-corrected chi connectivity index (χ0v) is 11.8. The van der Waals surface area contributed by atoms with Gasteiger partial charge in [-0.15, -0.1) is 0 Å². The number of nitrogens with one attached hydrogen (secondary N) is 1. The van der Waals surface area contributed by atoms with Gasteiger partial charge in [0, 0.05) is 6.04 Å². The summed E-state index contributed by atoms with van der Waals surface area (Å²) in [6, 6.07) is 2.99. The second kappa shape index (κ2) is 4.85. The van der Waals surface area contributed by atoms with E-state index in [1.807, 2.05) is 20.8 Å². The number of benzene rings is 1. The van der Waals surface area contributed by atoms with Crippen LogP contribution in [0.3, 0.4) is 0 Å². The van der Waals surface area contributed by atoms with Crippen molar-refractivity contribution in [2.45, 2.75) is 38.6 Å². The fraction of sp³-hybridized carbons (Fsp3) is 0.500. The molecule has 1 rings (SSSR count). The van der Waals surface area contributed by atoms with Crippen LogP contribution in [0.1, 0.15) is 27.7 Å². The molecule has 0 bridgehead atoms. The summed E-state index contributed by atoms with van der Waals surface area (Å²) in [7, 11) is -3.81. The third-order valence-corrected chi connectivity index (χ3v) is 4.49. The summed E-state index contributed by atoms with van der Waals surface area (Å²) < 4.78 is 39.8. The van der Waals surface area contributed by atoms with Crippen LogP contribution in [0.15, 0.2) is 23.1 Å². The SMILES string of the molecule is CC(NS(=O)(=O)c1cc(F)ccc1N)C(C)(C)C. The molecule has 0 radical (unpaired) electrons. The highest BCUT2D eigenvalue weighted by atomic mass is 32.2. The lowest BCUT2D eigenvalue weighted by molar-refractivity contribution is 0.317. The first kappa shape index (κ1) is 14.9. The van der Waals surface area contributed by atoms with Crippen molar-refractivity contribution in [1.82, 2.24) is 4.72 Å². The number of halogens is 1. The molecular weight excluding hydrogens is 255 g/mol. The smallest absolute Gasteiger partial charge is 0.242 e. The van der Waals surface area contributed by atoms with Gasteiger partial charge in [0.05, 0.1) is 5.69 Å². The van der Waals surface area contributed by atoms with Gasteiger partial charge in [0.25, 0.3) is 0 Å². The molecule has 0 heterocycles. The lowest BCUT2D eigenvalue weighted by atomic mass is 9.89. The van der Waals surface area contributed by atoms with Crippen LogP contribution in [0.2, 0.25) is 0 Å². The van der Waals surface area contributed by atoms with E-state index in [4.69, 9.17) is 5.73 Å². The molecule has 1 unspecified atom stereocenters. The van der Waals surface area contributed by atoms with Crippen molar-refractivity contribution in [3.05, 3.63) is 24.0 Å². The van der Waals surface area contributed by atoms with Crippen LogP contribution in [0, 0.1) is 11.2 Å². The van der Waals surface area contributed by atoms with Crippen molar-refractivity contribution in [3.63, 3.8) is 0 Å². The van der Waals surface area contributed by atoms with Crippen LogP contribution in [0.25, 0.3) is 0 Å². The summed E-state index contributed by atoms with van der Waals surface area (Å²) in [5.74, 6) is -0.631. The van der Waals surface area contributed by atoms with E-state index < -0.39 is 15.8 Å². The summed E-state index contributed by atoms with van der Waals surface area (Å²) in [4.78, 5) is -0.224. The molecule has 0 aromatic heterocycles. The Bertz CT molecular complexity index is 535. The molecule has 0 spiro atoms. The Kier molecular flexibility index (Phi) is 4.02. The van der Waals surface area contributed by atoms with E-state index in [9.17, 15) is 12.8 Å². The molecule has 0 aliphatic carbocycles. The van der Waals surface area contributed by atoms with Gasteiger partial charge in [0.2, 0.25) is 10.0 Å². The summed E-state index contributed by atoms with van der Waals surface area (Å²) in [5, 5.41) is 0. The minimum Gasteiger partial charge on any atom is -0.398 e. The first-order valence-electron chi connectivity index (χ1n) is 5.61. The Morgan fingerprint density at radius 2 is 1.89 bits per heavy atom. The lowest BCUT2D eigenvalue weighted by Gasteiger charge is -2.28. The van der Waals surface area contributed by atoms with Crippen LogP contribution in [0.4, 0.5) is 10.1 Å². The maximum atomic E-state index is 13.1. The third-order valence-electron chi connectivity index (χ3n) is 2.90. The van der Waals surface area contributed by atoms with Gasteiger partial charge in [0.1, 0.15) is 10.7 Å². The molecule has 0 saturated carbocycles. The molecular formula is C12H19FN2O2S. The van der Waals surface area contributed by atoms with E-state index in [1.165, 1.54) is 6.07 Å². The van der Waals surface area contributed by atoms with Crippen molar-refractivity contribution in [1.29, 1.82) is 0 Å². The van der Waals surface area contributed by atoms with Crippen LogP contribution in [0.5, 0.6) is 0 Å². The van der Waals surface area contributed by atoms with Gasteiger partial charge < -0.3 is 5.73 Å². The highest BCUT2D eigenvalue weighted by Crippen LogP contribution is 2.23.